The number of aromatic nitrogens is 1. The van der Waals surface area contributed by atoms with Gasteiger partial charge in [0.05, 0.1) is 5.36 Å². The molecule has 20 heavy (non-hydrogen) atoms. The molecule has 112 valence electrons. The fourth-order valence-electron chi connectivity index (χ4n) is 2.33. The number of pyridine rings is 1. The van der Waals surface area contributed by atoms with E-state index in [0.29, 0.717) is 5.36 Å². The highest BCUT2D eigenvalue weighted by Crippen LogP contribution is 2.26. The van der Waals surface area contributed by atoms with Crippen LogP contribution in [0.2, 0.25) is 5.15 Å². The van der Waals surface area contributed by atoms with Crippen molar-refractivity contribution < 1.29 is 10.0 Å². The van der Waals surface area contributed by atoms with Crippen molar-refractivity contribution in [2.24, 2.45) is 10.4 Å². The zero-order valence-corrected chi connectivity index (χ0v) is 13.3. The number of halogens is 1. The maximum absolute atomic E-state index is 11.9. The Morgan fingerprint density at radius 2 is 2.00 bits per heavy atom. The average molecular weight is 300 g/mol. The van der Waals surface area contributed by atoms with Gasteiger partial charge in [0, 0.05) is 17.8 Å². The molecule has 5 nitrogen and oxygen atoms in total. The second-order valence-electron chi connectivity index (χ2n) is 6.72. The molecule has 0 bridgehead atoms. The van der Waals surface area contributed by atoms with E-state index in [1.165, 1.54) is 18.3 Å². The Morgan fingerprint density at radius 3 is 2.50 bits per heavy atom. The van der Waals surface area contributed by atoms with Crippen molar-refractivity contribution in [2.45, 2.75) is 46.6 Å². The van der Waals surface area contributed by atoms with Gasteiger partial charge in [-0.2, -0.15) is 9.72 Å². The maximum Gasteiger partial charge on any atom is 0.341 e. The number of nitrogens with one attached hydrogen (secondary N) is 1. The predicted octanol–water partition coefficient (Wildman–Crippen LogP) is 3.20. The summed E-state index contributed by atoms with van der Waals surface area (Å²) in [7, 11) is 0. The minimum Gasteiger partial charge on any atom is -0.428 e. The van der Waals surface area contributed by atoms with Crippen LogP contribution in [-0.4, -0.2) is 21.5 Å². The number of hydrogen-bond acceptors (Lipinski definition) is 2. The number of carbonyl (C=O) groups excluding carboxylic acids is 1. The molecular weight excluding hydrogens is 278 g/mol. The molecule has 1 rings (SSSR count). The van der Waals surface area contributed by atoms with Crippen LogP contribution in [0.5, 0.6) is 0 Å². The van der Waals surface area contributed by atoms with Crippen LogP contribution >= 0.6 is 11.6 Å². The number of hydrogen-bond donors (Lipinski definition) is 2. The lowest BCUT2D eigenvalue weighted by atomic mass is 9.82. The maximum atomic E-state index is 11.9. The summed E-state index contributed by atoms with van der Waals surface area (Å²) in [5.41, 5.74) is -0.246. The molecular formula is C14H22ClN3O2. The van der Waals surface area contributed by atoms with Gasteiger partial charge in [-0.1, -0.05) is 32.4 Å². The summed E-state index contributed by atoms with van der Waals surface area (Å²) in [5, 5.41) is 12.6. The van der Waals surface area contributed by atoms with Gasteiger partial charge < -0.3 is 10.5 Å². The molecule has 0 aromatic carbocycles. The second-order valence-corrected chi connectivity index (χ2v) is 7.10. The highest BCUT2D eigenvalue weighted by molar-refractivity contribution is 6.29. The number of urea groups is 1. The lowest BCUT2D eigenvalue weighted by Crippen LogP contribution is -2.45. The first-order valence-corrected chi connectivity index (χ1v) is 6.81. The van der Waals surface area contributed by atoms with Crippen molar-refractivity contribution in [1.29, 1.82) is 0 Å². The van der Waals surface area contributed by atoms with Gasteiger partial charge in [0.1, 0.15) is 5.15 Å². The van der Waals surface area contributed by atoms with Crippen LogP contribution in [0.3, 0.4) is 0 Å². The molecule has 2 amide bonds. The Morgan fingerprint density at radius 1 is 1.40 bits per heavy atom. The van der Waals surface area contributed by atoms with Gasteiger partial charge in [0.25, 0.3) is 0 Å². The molecule has 0 aliphatic heterocycles. The summed E-state index contributed by atoms with van der Waals surface area (Å²) in [6, 6.07) is 2.49. The van der Waals surface area contributed by atoms with E-state index in [0.717, 1.165) is 11.2 Å². The van der Waals surface area contributed by atoms with E-state index in [2.05, 4.69) is 31.1 Å². The van der Waals surface area contributed by atoms with Crippen LogP contribution in [0.1, 0.15) is 41.0 Å². The smallest absolute Gasteiger partial charge is 0.341 e. The van der Waals surface area contributed by atoms with E-state index < -0.39 is 6.03 Å². The number of rotatable bonds is 2. The molecule has 0 radical (unpaired) electrons. The Bertz CT molecular complexity index is 556. The largest absolute Gasteiger partial charge is 0.428 e. The molecule has 1 heterocycles. The quantitative estimate of drug-likeness (QED) is 0.650. The minimum absolute atomic E-state index is 0.0907. The summed E-state index contributed by atoms with van der Waals surface area (Å²) in [4.78, 5) is 15.8. The molecule has 1 aromatic heterocycles. The lowest BCUT2D eigenvalue weighted by molar-refractivity contribution is 0.185. The summed E-state index contributed by atoms with van der Waals surface area (Å²) < 4.78 is 0.752. The predicted molar refractivity (Wildman–Crippen MR) is 78.9 cm³/mol. The molecule has 2 N–H and O–H groups in total. The van der Waals surface area contributed by atoms with Crippen molar-refractivity contribution >= 4 is 17.6 Å². The molecule has 0 atom stereocenters. The number of nitrogens with zero attached hydrogens (tertiary/aromatic N) is 2. The minimum atomic E-state index is -0.425. The molecule has 0 saturated heterocycles. The van der Waals surface area contributed by atoms with E-state index >= 15 is 0 Å². The van der Waals surface area contributed by atoms with E-state index in [1.54, 1.807) is 0 Å². The first-order valence-electron chi connectivity index (χ1n) is 6.43. The fourth-order valence-corrected chi connectivity index (χ4v) is 2.50. The third-order valence-corrected chi connectivity index (χ3v) is 2.80. The highest BCUT2D eigenvalue weighted by Gasteiger charge is 2.26. The van der Waals surface area contributed by atoms with Crippen LogP contribution < -0.4 is 10.7 Å². The van der Waals surface area contributed by atoms with Gasteiger partial charge >= 0.3 is 6.03 Å². The summed E-state index contributed by atoms with van der Waals surface area (Å²) >= 11 is 5.74. The SMILES string of the molecule is CC(C)(C)CC(C)(C)NC(=O)/N=c1\ccn(O)c(Cl)c1. The lowest BCUT2D eigenvalue weighted by Gasteiger charge is -2.32. The average Bonchev–Trinajstić information content (AvgIpc) is 2.18. The van der Waals surface area contributed by atoms with Gasteiger partial charge in [-0.15, -0.1) is 0 Å². The van der Waals surface area contributed by atoms with Crippen molar-refractivity contribution in [1.82, 2.24) is 10.0 Å². The standard InChI is InChI=1S/C14H22ClN3O2/c1-13(2,3)9-14(4,5)17-12(19)16-10-6-7-18(20)11(15)8-10/h6-8,20H,9H2,1-5H3,(H,17,19)/b16-10+. The van der Waals surface area contributed by atoms with Gasteiger partial charge in [-0.25, -0.2) is 4.79 Å². The summed E-state index contributed by atoms with van der Waals surface area (Å²) in [5.74, 6) is 0. The third-order valence-electron chi connectivity index (χ3n) is 2.52. The van der Waals surface area contributed by atoms with Gasteiger partial charge in [-0.05, 0) is 31.7 Å². The Hall–Kier alpha value is -1.49. The first kappa shape index (κ1) is 16.6. The molecule has 6 heteroatoms. The first-order chi connectivity index (χ1) is 8.98. The van der Waals surface area contributed by atoms with Crippen molar-refractivity contribution in [2.75, 3.05) is 0 Å². The molecule has 0 aliphatic carbocycles. The summed E-state index contributed by atoms with van der Waals surface area (Å²) in [6.07, 6.45) is 2.15. The van der Waals surface area contributed by atoms with Crippen molar-refractivity contribution in [3.05, 3.63) is 28.8 Å². The Balaban J connectivity index is 2.84. The van der Waals surface area contributed by atoms with E-state index in [-0.39, 0.29) is 16.1 Å². The van der Waals surface area contributed by atoms with Crippen LogP contribution in [-0.2, 0) is 0 Å². The molecule has 1 aromatic rings. The zero-order valence-electron chi connectivity index (χ0n) is 12.6. The van der Waals surface area contributed by atoms with Gasteiger partial charge in [0.2, 0.25) is 0 Å². The summed E-state index contributed by atoms with van der Waals surface area (Å²) in [6.45, 7) is 10.3. The fraction of sp³-hybridized carbons (Fsp3) is 0.571. The van der Waals surface area contributed by atoms with Gasteiger partial charge in [-0.3, -0.25) is 0 Å². The normalized spacial score (nSPS) is 13.4. The number of amides is 2. The molecule has 0 saturated carbocycles. The third kappa shape index (κ3) is 5.65. The van der Waals surface area contributed by atoms with Gasteiger partial charge in [0.15, 0.2) is 0 Å². The molecule has 0 spiro atoms. The zero-order chi connectivity index (χ0) is 15.6. The van der Waals surface area contributed by atoms with Crippen LogP contribution in [0.15, 0.2) is 23.3 Å². The van der Waals surface area contributed by atoms with Crippen molar-refractivity contribution in [3.8, 4) is 0 Å². The van der Waals surface area contributed by atoms with Crippen molar-refractivity contribution in [3.63, 3.8) is 0 Å². The number of carbonyl (C=O) groups is 1. The molecule has 0 fully saturated rings. The topological polar surface area (TPSA) is 66.6 Å². The molecule has 0 unspecified atom stereocenters. The Labute approximate surface area is 124 Å². The molecule has 0 aliphatic rings. The van der Waals surface area contributed by atoms with E-state index in [1.807, 2.05) is 13.8 Å². The second kappa shape index (κ2) is 5.87. The van der Waals surface area contributed by atoms with E-state index in [4.69, 9.17) is 11.6 Å². The highest BCUT2D eigenvalue weighted by atomic mass is 35.5. The van der Waals surface area contributed by atoms with Crippen LogP contribution in [0.4, 0.5) is 4.79 Å². The van der Waals surface area contributed by atoms with E-state index in [9.17, 15) is 10.0 Å². The van der Waals surface area contributed by atoms with Crippen LogP contribution in [0, 0.1) is 5.41 Å². The Kier molecular flexibility index (Phi) is 4.86. The monoisotopic (exact) mass is 299 g/mol. The van der Waals surface area contributed by atoms with Crippen LogP contribution in [0.25, 0.3) is 0 Å².